The van der Waals surface area contributed by atoms with Crippen molar-refractivity contribution in [3.63, 3.8) is 0 Å². The second-order valence-corrected chi connectivity index (χ2v) is 11.3. The van der Waals surface area contributed by atoms with E-state index in [1.165, 1.54) is 10.5 Å². The van der Waals surface area contributed by atoms with Crippen LogP contribution < -0.4 is 14.5 Å². The Morgan fingerprint density at radius 2 is 1.67 bits per heavy atom. The van der Waals surface area contributed by atoms with Gasteiger partial charge in [0.05, 0.1) is 15.1 Å². The van der Waals surface area contributed by atoms with E-state index in [2.05, 4.69) is 67.8 Å². The molecule has 0 amide bonds. The van der Waals surface area contributed by atoms with Crippen molar-refractivity contribution in [1.82, 2.24) is 9.55 Å². The first-order chi connectivity index (χ1) is 21.1. The van der Waals surface area contributed by atoms with Crippen molar-refractivity contribution in [2.45, 2.75) is 26.2 Å². The number of aliphatic hydroxyl groups is 1. The van der Waals surface area contributed by atoms with Crippen LogP contribution in [0.5, 0.6) is 11.5 Å². The summed E-state index contributed by atoms with van der Waals surface area (Å²) in [7, 11) is 0. The molecule has 1 aliphatic heterocycles. The number of para-hydroxylation sites is 3. The van der Waals surface area contributed by atoms with Crippen LogP contribution in [0.25, 0.3) is 27.6 Å². The zero-order valence-corrected chi connectivity index (χ0v) is 26.3. The Bertz CT molecular complexity index is 2020. The molecule has 0 saturated carbocycles. The van der Waals surface area contributed by atoms with Gasteiger partial charge in [-0.15, -0.1) is 35.7 Å². The summed E-state index contributed by atoms with van der Waals surface area (Å²) >= 11 is 0. The van der Waals surface area contributed by atoms with E-state index in [0.29, 0.717) is 23.7 Å². The molecule has 4 aromatic carbocycles. The molecule has 0 atom stereocenters. The first-order valence-corrected chi connectivity index (χ1v) is 13.9. The molecule has 7 heteroatoms. The minimum Gasteiger partial charge on any atom is -0.509 e. The van der Waals surface area contributed by atoms with E-state index in [-0.39, 0.29) is 26.5 Å². The quantitative estimate of drug-likeness (QED) is 0.182. The van der Waals surface area contributed by atoms with Crippen LogP contribution in [0, 0.1) is 18.7 Å². The Morgan fingerprint density at radius 1 is 0.907 bits per heavy atom. The van der Waals surface area contributed by atoms with Gasteiger partial charge in [-0.2, -0.15) is 12.1 Å². The molecule has 2 aromatic heterocycles. The number of anilines is 3. The van der Waals surface area contributed by atoms with Crippen LogP contribution >= 0.6 is 0 Å². The number of hydrogen-bond donors (Lipinski definition) is 1. The molecule has 220 valence electrons. The minimum atomic E-state index is -2.52. The van der Waals surface area contributed by atoms with Crippen LogP contribution in [0.1, 0.15) is 29.1 Å². The summed E-state index contributed by atoms with van der Waals surface area (Å²) in [4.78, 5) is 8.00. The second kappa shape index (κ2) is 11.5. The van der Waals surface area contributed by atoms with Gasteiger partial charge < -0.3 is 24.2 Å². The van der Waals surface area contributed by atoms with Crippen LogP contribution in [-0.4, -0.2) is 27.9 Å². The first kappa shape index (κ1) is 26.5. The van der Waals surface area contributed by atoms with Gasteiger partial charge in [0.1, 0.15) is 5.82 Å². The molecule has 7 rings (SSSR count). The van der Waals surface area contributed by atoms with Gasteiger partial charge in [-0.25, -0.2) is 11.5 Å². The van der Waals surface area contributed by atoms with E-state index in [4.69, 9.17) is 12.5 Å². The zero-order chi connectivity index (χ0) is 30.6. The Balaban J connectivity index is 0.00000357. The number of ether oxygens (including phenoxy) is 1. The van der Waals surface area contributed by atoms with Crippen molar-refractivity contribution in [3.05, 3.63) is 121 Å². The number of aromatic nitrogens is 2. The molecule has 43 heavy (non-hydrogen) atoms. The molecule has 0 saturated heterocycles. The Hall–Kier alpha value is -4.12. The fourth-order valence-corrected chi connectivity index (χ4v) is 5.53. The van der Waals surface area contributed by atoms with E-state index in [0.717, 1.165) is 39.0 Å². The van der Waals surface area contributed by atoms with Gasteiger partial charge in [0.15, 0.2) is 0 Å². The standard InChI is InChI=1S/C36H31N4O2.Pt/c1-36(2,3)25-17-18-37-35(21-25)40-31-12-5-4-11-29(31)30-16-15-28(23-34(30)40)42-27-10-8-9-26(22-27)39-20-19-38(24-41)32-13-6-7-14-33(32)39;/h4-19,21,41H,20,24H2,1-3H3;/q-3;/i24D2;. The number of hydrogen-bond acceptors (Lipinski definition) is 5. The van der Waals surface area contributed by atoms with E-state index >= 15 is 0 Å². The van der Waals surface area contributed by atoms with E-state index in [9.17, 15) is 5.11 Å². The number of pyridine rings is 1. The van der Waals surface area contributed by atoms with Crippen LogP contribution in [0.15, 0.2) is 97.2 Å². The SMILES string of the molecule is [2H]C([2H])(O)N1[CH-]CN(c2[c-]c(Oc3[c-]c4c(cc3)c3ccccc3n4-c3cc(C(C)(C)C)ccn3)ccc2)c2ccccc21.[Pt]. The minimum absolute atomic E-state index is 0. The van der Waals surface area contributed by atoms with Crippen molar-refractivity contribution >= 4 is 38.9 Å². The predicted octanol–water partition coefficient (Wildman–Crippen LogP) is 7.94. The van der Waals surface area contributed by atoms with Crippen LogP contribution in [0.4, 0.5) is 17.1 Å². The van der Waals surface area contributed by atoms with E-state index in [1.807, 2.05) is 65.7 Å². The molecule has 0 aliphatic carbocycles. The maximum Gasteiger partial charge on any atom is 0.135 e. The Kier molecular flexibility index (Phi) is 7.10. The monoisotopic (exact) mass is 748 g/mol. The molecule has 1 aliphatic rings. The Labute approximate surface area is 269 Å². The van der Waals surface area contributed by atoms with Gasteiger partial charge in [0.25, 0.3) is 0 Å². The molecule has 6 nitrogen and oxygen atoms in total. The van der Waals surface area contributed by atoms with E-state index < -0.39 is 6.68 Å². The zero-order valence-electron chi connectivity index (χ0n) is 26.0. The third-order valence-electron chi connectivity index (χ3n) is 7.65. The summed E-state index contributed by atoms with van der Waals surface area (Å²) in [6.07, 6.45) is 1.86. The smallest absolute Gasteiger partial charge is 0.135 e. The second-order valence-electron chi connectivity index (χ2n) is 11.3. The normalized spacial score (nSPS) is 14.2. The van der Waals surface area contributed by atoms with Crippen molar-refractivity contribution in [2.75, 3.05) is 23.0 Å². The van der Waals surface area contributed by atoms with E-state index in [1.54, 1.807) is 12.6 Å². The molecule has 0 unspecified atom stereocenters. The summed E-state index contributed by atoms with van der Waals surface area (Å²) in [5.74, 6) is 1.89. The number of benzene rings is 4. The summed E-state index contributed by atoms with van der Waals surface area (Å²) < 4.78 is 24.2. The number of fused-ring (bicyclic) bond motifs is 4. The Morgan fingerprint density at radius 3 is 2.49 bits per heavy atom. The average molecular weight is 749 g/mol. The predicted molar refractivity (Wildman–Crippen MR) is 169 cm³/mol. The fraction of sp³-hybridized carbons (Fsp3) is 0.167. The summed E-state index contributed by atoms with van der Waals surface area (Å²) in [6.45, 7) is 6.05. The summed E-state index contributed by atoms with van der Waals surface area (Å²) in [5, 5.41) is 12.3. The molecule has 0 fully saturated rings. The molecule has 0 radical (unpaired) electrons. The molecule has 6 aromatic rings. The molecule has 3 heterocycles. The van der Waals surface area contributed by atoms with Crippen LogP contribution in [0.3, 0.4) is 0 Å². The van der Waals surface area contributed by atoms with Crippen LogP contribution in [-0.2, 0) is 26.5 Å². The molecule has 0 bridgehead atoms. The van der Waals surface area contributed by atoms with Crippen LogP contribution in [0.2, 0.25) is 0 Å². The average Bonchev–Trinajstić information content (AvgIpc) is 3.33. The summed E-state index contributed by atoms with van der Waals surface area (Å²) in [6, 6.07) is 36.4. The van der Waals surface area contributed by atoms with Gasteiger partial charge in [-0.05, 0) is 46.7 Å². The third-order valence-corrected chi connectivity index (χ3v) is 7.65. The first-order valence-electron chi connectivity index (χ1n) is 14.9. The van der Waals surface area contributed by atoms with Crippen molar-refractivity contribution in [3.8, 4) is 17.3 Å². The maximum atomic E-state index is 10.1. The van der Waals surface area contributed by atoms with Crippen molar-refractivity contribution in [2.24, 2.45) is 0 Å². The third kappa shape index (κ3) is 5.30. The fourth-order valence-electron chi connectivity index (χ4n) is 5.53. The molecular weight excluding hydrogens is 716 g/mol. The maximum absolute atomic E-state index is 10.1. The largest absolute Gasteiger partial charge is 0.509 e. The molecule has 0 spiro atoms. The topological polar surface area (TPSA) is 53.8 Å². The number of rotatable bonds is 5. The number of nitrogens with zero attached hydrogens (tertiary/aromatic N) is 4. The van der Waals surface area contributed by atoms with Gasteiger partial charge in [0, 0.05) is 50.0 Å². The van der Waals surface area contributed by atoms with Gasteiger partial charge >= 0.3 is 0 Å². The van der Waals surface area contributed by atoms with Crippen molar-refractivity contribution < 1.29 is 33.7 Å². The van der Waals surface area contributed by atoms with Gasteiger partial charge in [-0.3, -0.25) is 0 Å². The van der Waals surface area contributed by atoms with Gasteiger partial charge in [-0.1, -0.05) is 68.9 Å². The van der Waals surface area contributed by atoms with Gasteiger partial charge in [0.2, 0.25) is 0 Å². The summed E-state index contributed by atoms with van der Waals surface area (Å²) in [5.41, 5.74) is 5.15. The van der Waals surface area contributed by atoms with Crippen molar-refractivity contribution in [1.29, 1.82) is 0 Å². The molecular formula is C36H31N4O2Pt-3. The molecule has 1 N–H and O–H groups in total.